The van der Waals surface area contributed by atoms with Gasteiger partial charge in [0.15, 0.2) is 0 Å². The van der Waals surface area contributed by atoms with Crippen LogP contribution in [0.15, 0.2) is 18.2 Å². The lowest BCUT2D eigenvalue weighted by atomic mass is 10.0. The van der Waals surface area contributed by atoms with E-state index in [9.17, 15) is 0 Å². The predicted molar refractivity (Wildman–Crippen MR) is 65.6 cm³/mol. The van der Waals surface area contributed by atoms with Crippen molar-refractivity contribution < 1.29 is 4.74 Å². The molecule has 1 rings (SSSR count). The maximum Gasteiger partial charge on any atom is 0.119 e. The summed E-state index contributed by atoms with van der Waals surface area (Å²) >= 11 is 0. The first-order chi connectivity index (χ1) is 7.26. The molecule has 0 bridgehead atoms. The summed E-state index contributed by atoms with van der Waals surface area (Å²) in [5.41, 5.74) is 2.70. The van der Waals surface area contributed by atoms with Crippen LogP contribution in [-0.2, 0) is 6.42 Å². The summed E-state index contributed by atoms with van der Waals surface area (Å²) in [5, 5.41) is 0. The largest absolute Gasteiger partial charge is 0.497 e. The lowest BCUT2D eigenvalue weighted by Crippen LogP contribution is -1.90. The highest BCUT2D eigenvalue weighted by Crippen LogP contribution is 2.18. The maximum atomic E-state index is 5.26. The number of methoxy groups -OCH3 is 1. The van der Waals surface area contributed by atoms with E-state index in [1.807, 2.05) is 0 Å². The Hall–Kier alpha value is -0.980. The molecule has 0 radical (unpaired) electrons. The van der Waals surface area contributed by atoms with Crippen LogP contribution in [0.2, 0.25) is 0 Å². The van der Waals surface area contributed by atoms with E-state index in [-0.39, 0.29) is 0 Å². The lowest BCUT2D eigenvalue weighted by Gasteiger charge is -2.06. The molecule has 0 aliphatic rings. The molecule has 1 nitrogen and oxygen atoms in total. The first-order valence-corrected chi connectivity index (χ1v) is 5.91. The molecular formula is C14H22O. The first-order valence-electron chi connectivity index (χ1n) is 5.91. The Morgan fingerprint density at radius 3 is 2.53 bits per heavy atom. The molecule has 0 N–H and O–H groups in total. The molecule has 0 saturated carbocycles. The molecule has 0 aromatic heterocycles. The average Bonchev–Trinajstić information content (AvgIpc) is 2.23. The van der Waals surface area contributed by atoms with Gasteiger partial charge in [-0.15, -0.1) is 0 Å². The van der Waals surface area contributed by atoms with Crippen molar-refractivity contribution >= 4 is 0 Å². The molecule has 0 unspecified atom stereocenters. The van der Waals surface area contributed by atoms with Crippen LogP contribution in [0.3, 0.4) is 0 Å². The summed E-state index contributed by atoms with van der Waals surface area (Å²) in [4.78, 5) is 0. The van der Waals surface area contributed by atoms with Gasteiger partial charge >= 0.3 is 0 Å². The molecule has 0 saturated heterocycles. The second-order valence-corrected chi connectivity index (χ2v) is 4.17. The number of rotatable bonds is 6. The Balaban J connectivity index is 2.49. The SMILES string of the molecule is CCCCCCc1cc(C)cc(OC)c1. The number of aryl methyl sites for hydroxylation is 2. The molecule has 0 heterocycles. The van der Waals surface area contributed by atoms with Gasteiger partial charge in [0.2, 0.25) is 0 Å². The molecule has 0 amide bonds. The number of ether oxygens (including phenoxy) is 1. The van der Waals surface area contributed by atoms with Gasteiger partial charge in [-0.05, 0) is 43.0 Å². The fourth-order valence-corrected chi connectivity index (χ4v) is 1.84. The predicted octanol–water partition coefficient (Wildman–Crippen LogP) is 4.13. The summed E-state index contributed by atoms with van der Waals surface area (Å²) < 4.78 is 5.26. The van der Waals surface area contributed by atoms with E-state index in [0.29, 0.717) is 0 Å². The Bertz CT molecular complexity index is 291. The van der Waals surface area contributed by atoms with Gasteiger partial charge in [-0.25, -0.2) is 0 Å². The van der Waals surface area contributed by atoms with Crippen LogP contribution in [0.1, 0.15) is 43.7 Å². The third kappa shape index (κ3) is 4.37. The number of hydrogen-bond acceptors (Lipinski definition) is 1. The van der Waals surface area contributed by atoms with E-state index in [4.69, 9.17) is 4.74 Å². The van der Waals surface area contributed by atoms with Crippen molar-refractivity contribution in [3.8, 4) is 5.75 Å². The average molecular weight is 206 g/mol. The molecule has 0 aliphatic heterocycles. The number of unbranched alkanes of at least 4 members (excludes halogenated alkanes) is 3. The van der Waals surface area contributed by atoms with Gasteiger partial charge in [-0.3, -0.25) is 0 Å². The highest BCUT2D eigenvalue weighted by Gasteiger charge is 1.98. The summed E-state index contributed by atoms with van der Waals surface area (Å²) in [5.74, 6) is 0.987. The second-order valence-electron chi connectivity index (χ2n) is 4.17. The molecule has 1 heteroatoms. The Kier molecular flexibility index (Phi) is 5.23. The Morgan fingerprint density at radius 2 is 1.87 bits per heavy atom. The van der Waals surface area contributed by atoms with Gasteiger partial charge in [0.1, 0.15) is 5.75 Å². The molecule has 1 aromatic rings. The third-order valence-corrected chi connectivity index (χ3v) is 2.67. The Morgan fingerprint density at radius 1 is 1.07 bits per heavy atom. The van der Waals surface area contributed by atoms with Crippen molar-refractivity contribution in [3.63, 3.8) is 0 Å². The summed E-state index contributed by atoms with van der Waals surface area (Å²) in [6.07, 6.45) is 6.46. The van der Waals surface area contributed by atoms with Gasteiger partial charge in [-0.2, -0.15) is 0 Å². The van der Waals surface area contributed by atoms with Gasteiger partial charge in [0.25, 0.3) is 0 Å². The normalized spacial score (nSPS) is 10.3. The van der Waals surface area contributed by atoms with E-state index >= 15 is 0 Å². The van der Waals surface area contributed by atoms with Crippen molar-refractivity contribution in [1.82, 2.24) is 0 Å². The monoisotopic (exact) mass is 206 g/mol. The maximum absolute atomic E-state index is 5.26. The highest BCUT2D eigenvalue weighted by atomic mass is 16.5. The smallest absolute Gasteiger partial charge is 0.119 e. The zero-order valence-corrected chi connectivity index (χ0v) is 10.2. The van der Waals surface area contributed by atoms with Crippen molar-refractivity contribution in [2.45, 2.75) is 46.0 Å². The molecule has 0 aliphatic carbocycles. The molecule has 0 atom stereocenters. The molecule has 0 spiro atoms. The molecule has 15 heavy (non-hydrogen) atoms. The minimum absolute atomic E-state index is 0.987. The van der Waals surface area contributed by atoms with Crippen LogP contribution in [-0.4, -0.2) is 7.11 Å². The van der Waals surface area contributed by atoms with E-state index in [2.05, 4.69) is 32.0 Å². The fraction of sp³-hybridized carbons (Fsp3) is 0.571. The van der Waals surface area contributed by atoms with Crippen LogP contribution in [0.4, 0.5) is 0 Å². The Labute approximate surface area is 93.5 Å². The molecule has 84 valence electrons. The number of benzene rings is 1. The second kappa shape index (κ2) is 6.49. The van der Waals surface area contributed by atoms with Crippen molar-refractivity contribution in [2.24, 2.45) is 0 Å². The fourth-order valence-electron chi connectivity index (χ4n) is 1.84. The van der Waals surface area contributed by atoms with E-state index in [1.54, 1.807) is 7.11 Å². The minimum atomic E-state index is 0.987. The highest BCUT2D eigenvalue weighted by molar-refractivity contribution is 5.33. The molecular weight excluding hydrogens is 184 g/mol. The van der Waals surface area contributed by atoms with Crippen LogP contribution >= 0.6 is 0 Å². The minimum Gasteiger partial charge on any atom is -0.497 e. The molecule has 0 fully saturated rings. The zero-order valence-electron chi connectivity index (χ0n) is 10.2. The third-order valence-electron chi connectivity index (χ3n) is 2.67. The zero-order chi connectivity index (χ0) is 11.1. The lowest BCUT2D eigenvalue weighted by molar-refractivity contribution is 0.414. The quantitative estimate of drug-likeness (QED) is 0.636. The standard InChI is InChI=1S/C14H22O/c1-4-5-6-7-8-13-9-12(2)10-14(11-13)15-3/h9-11H,4-8H2,1-3H3. The van der Waals surface area contributed by atoms with E-state index < -0.39 is 0 Å². The summed E-state index contributed by atoms with van der Waals surface area (Å²) in [6, 6.07) is 6.49. The van der Waals surface area contributed by atoms with Crippen molar-refractivity contribution in [1.29, 1.82) is 0 Å². The first kappa shape index (κ1) is 12.1. The van der Waals surface area contributed by atoms with Gasteiger partial charge < -0.3 is 4.74 Å². The van der Waals surface area contributed by atoms with Crippen LogP contribution in [0, 0.1) is 6.92 Å². The topological polar surface area (TPSA) is 9.23 Å². The van der Waals surface area contributed by atoms with Crippen molar-refractivity contribution in [3.05, 3.63) is 29.3 Å². The van der Waals surface area contributed by atoms with Crippen molar-refractivity contribution in [2.75, 3.05) is 7.11 Å². The van der Waals surface area contributed by atoms with Crippen LogP contribution < -0.4 is 4.74 Å². The molecule has 1 aromatic carbocycles. The number of hydrogen-bond donors (Lipinski definition) is 0. The van der Waals surface area contributed by atoms with Gasteiger partial charge in [0, 0.05) is 0 Å². The van der Waals surface area contributed by atoms with Gasteiger partial charge in [0.05, 0.1) is 7.11 Å². The van der Waals surface area contributed by atoms with E-state index in [0.717, 1.165) is 5.75 Å². The van der Waals surface area contributed by atoms with Crippen LogP contribution in [0.25, 0.3) is 0 Å². The van der Waals surface area contributed by atoms with E-state index in [1.165, 1.54) is 43.2 Å². The summed E-state index contributed by atoms with van der Waals surface area (Å²) in [7, 11) is 1.73. The van der Waals surface area contributed by atoms with Crippen LogP contribution in [0.5, 0.6) is 5.75 Å². The van der Waals surface area contributed by atoms with Gasteiger partial charge in [-0.1, -0.05) is 32.3 Å². The summed E-state index contributed by atoms with van der Waals surface area (Å²) in [6.45, 7) is 4.37.